The molecule has 0 N–H and O–H groups in total. The Labute approximate surface area is 145 Å². The first-order valence-corrected chi connectivity index (χ1v) is 9.61. The number of rotatable bonds is 2. The van der Waals surface area contributed by atoms with Crippen LogP contribution in [0.3, 0.4) is 0 Å². The Kier molecular flexibility index (Phi) is 3.51. The number of thiophene rings is 1. The van der Waals surface area contributed by atoms with E-state index >= 15 is 0 Å². The second-order valence-corrected chi connectivity index (χ2v) is 7.81. The molecule has 5 rings (SSSR count). The number of likely N-dealkylation sites (tertiary alicyclic amines) is 1. The van der Waals surface area contributed by atoms with Crippen molar-refractivity contribution in [1.82, 2.24) is 4.90 Å². The fourth-order valence-electron chi connectivity index (χ4n) is 4.13. The predicted molar refractivity (Wildman–Crippen MR) is 96.4 cm³/mol. The molecule has 0 radical (unpaired) electrons. The molecule has 4 heterocycles. The van der Waals surface area contributed by atoms with Gasteiger partial charge in [-0.2, -0.15) is 0 Å². The summed E-state index contributed by atoms with van der Waals surface area (Å²) in [5, 5.41) is 3.42. The topological polar surface area (TPSA) is 25.6 Å². The van der Waals surface area contributed by atoms with Crippen molar-refractivity contribution in [3.63, 3.8) is 0 Å². The van der Waals surface area contributed by atoms with Gasteiger partial charge in [-0.3, -0.25) is 4.90 Å². The highest BCUT2D eigenvalue weighted by Gasteiger charge is 2.41. The first-order valence-electron chi connectivity index (χ1n) is 8.73. The Morgan fingerprint density at radius 3 is 2.88 bits per heavy atom. The van der Waals surface area contributed by atoms with Crippen molar-refractivity contribution in [3.05, 3.63) is 58.0 Å². The molecule has 1 aromatic carbocycles. The van der Waals surface area contributed by atoms with Gasteiger partial charge in [0.15, 0.2) is 0 Å². The molecule has 1 saturated heterocycles. The van der Waals surface area contributed by atoms with E-state index in [0.717, 1.165) is 56.8 Å². The molecule has 4 heteroatoms. The van der Waals surface area contributed by atoms with Crippen molar-refractivity contribution in [3.8, 4) is 0 Å². The third-order valence-electron chi connectivity index (χ3n) is 5.43. The molecule has 3 nitrogen and oxygen atoms in total. The lowest BCUT2D eigenvalue weighted by Crippen LogP contribution is -2.45. The zero-order valence-corrected chi connectivity index (χ0v) is 14.5. The highest BCUT2D eigenvalue weighted by atomic mass is 32.1. The quantitative estimate of drug-likeness (QED) is 0.684. The second kappa shape index (κ2) is 5.73. The van der Waals surface area contributed by atoms with Gasteiger partial charge in [-0.15, -0.1) is 11.3 Å². The SMILES string of the molecule is c1ccc2oc(CN3CCC4(CC3)OCCc3ccsc34)cc2c1. The summed E-state index contributed by atoms with van der Waals surface area (Å²) >= 11 is 1.88. The lowest BCUT2D eigenvalue weighted by Gasteiger charge is -2.43. The van der Waals surface area contributed by atoms with E-state index in [4.69, 9.17) is 9.15 Å². The van der Waals surface area contributed by atoms with E-state index in [-0.39, 0.29) is 5.60 Å². The van der Waals surface area contributed by atoms with E-state index in [1.165, 1.54) is 15.8 Å². The molecular formula is C20H21NO2S. The predicted octanol–water partition coefficient (Wildman–Crippen LogP) is 4.56. The van der Waals surface area contributed by atoms with Crippen molar-refractivity contribution in [2.75, 3.05) is 19.7 Å². The highest BCUT2D eigenvalue weighted by Crippen LogP contribution is 2.44. The van der Waals surface area contributed by atoms with Gasteiger partial charge in [0.2, 0.25) is 0 Å². The lowest BCUT2D eigenvalue weighted by atomic mass is 9.85. The number of nitrogens with zero attached hydrogens (tertiary/aromatic N) is 1. The third-order valence-corrected chi connectivity index (χ3v) is 6.57. The maximum atomic E-state index is 6.30. The van der Waals surface area contributed by atoms with Crippen LogP contribution in [-0.4, -0.2) is 24.6 Å². The molecule has 1 spiro atoms. The minimum Gasteiger partial charge on any atom is -0.460 e. The van der Waals surface area contributed by atoms with Gasteiger partial charge in [0.1, 0.15) is 16.9 Å². The largest absolute Gasteiger partial charge is 0.460 e. The molecule has 0 amide bonds. The summed E-state index contributed by atoms with van der Waals surface area (Å²) in [5.74, 6) is 1.06. The van der Waals surface area contributed by atoms with E-state index in [2.05, 4.69) is 34.5 Å². The van der Waals surface area contributed by atoms with E-state index in [1.807, 2.05) is 23.5 Å². The molecule has 1 fully saturated rings. The Hall–Kier alpha value is -1.62. The van der Waals surface area contributed by atoms with Crippen LogP contribution in [0.4, 0.5) is 0 Å². The van der Waals surface area contributed by atoms with Gasteiger partial charge >= 0.3 is 0 Å². The number of hydrogen-bond donors (Lipinski definition) is 0. The van der Waals surface area contributed by atoms with Gasteiger partial charge in [-0.05, 0) is 48.4 Å². The smallest absolute Gasteiger partial charge is 0.134 e. The molecule has 0 atom stereocenters. The second-order valence-electron chi connectivity index (χ2n) is 6.89. The number of fused-ring (bicyclic) bond motifs is 3. The van der Waals surface area contributed by atoms with Crippen molar-refractivity contribution < 1.29 is 9.15 Å². The van der Waals surface area contributed by atoms with Crippen LogP contribution in [0, 0.1) is 0 Å². The van der Waals surface area contributed by atoms with Gasteiger partial charge in [0, 0.05) is 23.4 Å². The van der Waals surface area contributed by atoms with Gasteiger partial charge in [-0.25, -0.2) is 0 Å². The van der Waals surface area contributed by atoms with E-state index in [1.54, 1.807) is 0 Å². The zero-order valence-electron chi connectivity index (χ0n) is 13.7. The number of para-hydroxylation sites is 1. The molecule has 124 valence electrons. The van der Waals surface area contributed by atoms with Crippen LogP contribution < -0.4 is 0 Å². The fraction of sp³-hybridized carbons (Fsp3) is 0.400. The van der Waals surface area contributed by atoms with Crippen molar-refractivity contribution in [2.24, 2.45) is 0 Å². The monoisotopic (exact) mass is 339 g/mol. The van der Waals surface area contributed by atoms with Crippen LogP contribution >= 0.6 is 11.3 Å². The third kappa shape index (κ3) is 2.41. The summed E-state index contributed by atoms with van der Waals surface area (Å²) in [4.78, 5) is 3.98. The van der Waals surface area contributed by atoms with Crippen molar-refractivity contribution in [2.45, 2.75) is 31.4 Å². The number of furan rings is 1. The number of piperidine rings is 1. The minimum absolute atomic E-state index is 0.0217. The van der Waals surface area contributed by atoms with Gasteiger partial charge in [0.25, 0.3) is 0 Å². The summed E-state index contributed by atoms with van der Waals surface area (Å²) in [6, 6.07) is 12.7. The Balaban J connectivity index is 1.31. The van der Waals surface area contributed by atoms with Crippen LogP contribution in [0.1, 0.15) is 29.0 Å². The molecule has 2 aromatic heterocycles. The molecule has 3 aromatic rings. The average Bonchev–Trinajstić information content (AvgIpc) is 3.24. The van der Waals surface area contributed by atoms with Crippen LogP contribution in [-0.2, 0) is 23.3 Å². The van der Waals surface area contributed by atoms with Crippen molar-refractivity contribution in [1.29, 1.82) is 0 Å². The van der Waals surface area contributed by atoms with E-state index in [0.29, 0.717) is 0 Å². The Bertz CT molecular complexity index is 824. The average molecular weight is 339 g/mol. The minimum atomic E-state index is -0.0217. The summed E-state index contributed by atoms with van der Waals surface area (Å²) in [7, 11) is 0. The number of benzene rings is 1. The number of ether oxygens (including phenoxy) is 1. The summed E-state index contributed by atoms with van der Waals surface area (Å²) in [5.41, 5.74) is 2.48. The van der Waals surface area contributed by atoms with Crippen molar-refractivity contribution >= 4 is 22.3 Å². The maximum Gasteiger partial charge on any atom is 0.134 e. The fourth-order valence-corrected chi connectivity index (χ4v) is 5.30. The molecular weight excluding hydrogens is 318 g/mol. The molecule has 24 heavy (non-hydrogen) atoms. The van der Waals surface area contributed by atoms with Crippen LogP contribution in [0.25, 0.3) is 11.0 Å². The maximum absolute atomic E-state index is 6.30. The molecule has 2 aliphatic rings. The standard InChI is InChI=1S/C20H21NO2S/c1-2-4-18-16(3-1)13-17(23-18)14-21-9-7-20(8-10-21)19-15(5-11-22-20)6-12-24-19/h1-4,6,12-13H,5,7-11,14H2. The molecule has 0 aliphatic carbocycles. The summed E-state index contributed by atoms with van der Waals surface area (Å²) < 4.78 is 12.3. The normalized spacial score (nSPS) is 20.5. The molecule has 2 aliphatic heterocycles. The summed E-state index contributed by atoms with van der Waals surface area (Å²) in [6.45, 7) is 3.89. The van der Waals surface area contributed by atoms with Gasteiger partial charge in [-0.1, -0.05) is 18.2 Å². The summed E-state index contributed by atoms with van der Waals surface area (Å²) in [6.07, 6.45) is 3.24. The highest BCUT2D eigenvalue weighted by molar-refractivity contribution is 7.10. The van der Waals surface area contributed by atoms with Crippen LogP contribution in [0.2, 0.25) is 0 Å². The Morgan fingerprint density at radius 2 is 2.00 bits per heavy atom. The van der Waals surface area contributed by atoms with Gasteiger partial charge < -0.3 is 9.15 Å². The number of hydrogen-bond acceptors (Lipinski definition) is 4. The molecule has 0 unspecified atom stereocenters. The molecule has 0 saturated carbocycles. The first kappa shape index (κ1) is 14.7. The van der Waals surface area contributed by atoms with E-state index < -0.39 is 0 Å². The lowest BCUT2D eigenvalue weighted by molar-refractivity contribution is -0.0965. The van der Waals surface area contributed by atoms with E-state index in [9.17, 15) is 0 Å². The van der Waals surface area contributed by atoms with Crippen LogP contribution in [0.5, 0.6) is 0 Å². The molecule has 0 bridgehead atoms. The first-order chi connectivity index (χ1) is 11.8. The Morgan fingerprint density at radius 1 is 1.12 bits per heavy atom. The van der Waals surface area contributed by atoms with Crippen LogP contribution in [0.15, 0.2) is 46.2 Å². The van der Waals surface area contributed by atoms with Gasteiger partial charge in [0.05, 0.1) is 13.2 Å². The zero-order chi connectivity index (χ0) is 16.0.